The van der Waals surface area contributed by atoms with Gasteiger partial charge in [-0.2, -0.15) is 0 Å². The molecule has 2 aromatic rings. The number of methoxy groups -OCH3 is 1. The molecule has 38 heavy (non-hydrogen) atoms. The summed E-state index contributed by atoms with van der Waals surface area (Å²) in [6.45, 7) is 7.16. The van der Waals surface area contributed by atoms with Gasteiger partial charge in [0.25, 0.3) is 0 Å². The second-order valence-corrected chi connectivity index (χ2v) is 10.4. The third-order valence-electron chi connectivity index (χ3n) is 7.94. The first-order valence-electron chi connectivity index (χ1n) is 12.4. The van der Waals surface area contributed by atoms with E-state index in [1.54, 1.807) is 19.9 Å². The molecule has 0 radical (unpaired) electrons. The standard InChI is InChI=1S/C28H31NO9/c1-11(2)28(35)9-14-20(17(10-28)38-18-8-15(29)23(30)12(3)37-18)27(34)22-21(25(14)32)24(31)13-6-5-7-16(36-4)19(13)26(22)33/h5-7,12,15,17-18,23,30,32,34-35H,1,8-10,29H2,2-4H3/t12-,15-,17-,18-,23+,28-/m0/s1. The predicted molar refractivity (Wildman–Crippen MR) is 134 cm³/mol. The highest BCUT2D eigenvalue weighted by atomic mass is 16.7. The number of aromatic hydroxyl groups is 2. The zero-order valence-corrected chi connectivity index (χ0v) is 21.4. The maximum atomic E-state index is 13.7. The van der Waals surface area contributed by atoms with E-state index in [9.17, 15) is 30.0 Å². The average Bonchev–Trinajstić information content (AvgIpc) is 2.87. The Bertz CT molecular complexity index is 1360. The number of aliphatic hydroxyl groups excluding tert-OH is 1. The molecule has 2 aliphatic carbocycles. The molecule has 0 bridgehead atoms. The number of hydrogen-bond donors (Lipinski definition) is 5. The number of rotatable bonds is 4. The van der Waals surface area contributed by atoms with E-state index >= 15 is 0 Å². The van der Waals surface area contributed by atoms with Crippen LogP contribution in [-0.2, 0) is 15.9 Å². The molecule has 1 heterocycles. The molecule has 6 atom stereocenters. The van der Waals surface area contributed by atoms with Crippen LogP contribution in [0.4, 0.5) is 0 Å². The highest BCUT2D eigenvalue weighted by Crippen LogP contribution is 2.53. The lowest BCUT2D eigenvalue weighted by Crippen LogP contribution is -2.52. The van der Waals surface area contributed by atoms with Crippen molar-refractivity contribution in [3.63, 3.8) is 0 Å². The van der Waals surface area contributed by atoms with Crippen molar-refractivity contribution in [1.82, 2.24) is 0 Å². The van der Waals surface area contributed by atoms with Crippen LogP contribution >= 0.6 is 0 Å². The molecule has 10 heteroatoms. The molecular weight excluding hydrogens is 494 g/mol. The molecule has 6 N–H and O–H groups in total. The van der Waals surface area contributed by atoms with Gasteiger partial charge < -0.3 is 40.4 Å². The van der Waals surface area contributed by atoms with Crippen LogP contribution < -0.4 is 10.5 Å². The zero-order chi connectivity index (χ0) is 27.7. The van der Waals surface area contributed by atoms with E-state index in [2.05, 4.69) is 6.58 Å². The molecule has 3 aliphatic rings. The summed E-state index contributed by atoms with van der Waals surface area (Å²) in [5, 5.41) is 44.5. The van der Waals surface area contributed by atoms with Crippen molar-refractivity contribution in [1.29, 1.82) is 0 Å². The zero-order valence-electron chi connectivity index (χ0n) is 21.4. The first kappa shape index (κ1) is 26.3. The number of carbonyl (C=O) groups is 2. The van der Waals surface area contributed by atoms with Crippen molar-refractivity contribution in [2.45, 2.75) is 69.4 Å². The lowest BCUT2D eigenvalue weighted by atomic mass is 9.71. The van der Waals surface area contributed by atoms with Gasteiger partial charge in [0.05, 0.1) is 47.7 Å². The number of carbonyl (C=O) groups excluding carboxylic acids is 2. The topological polar surface area (TPSA) is 169 Å². The molecule has 1 fully saturated rings. The average molecular weight is 526 g/mol. The summed E-state index contributed by atoms with van der Waals surface area (Å²) in [6.07, 6.45) is -3.64. The Balaban J connectivity index is 1.68. The smallest absolute Gasteiger partial charge is 0.202 e. The summed E-state index contributed by atoms with van der Waals surface area (Å²) >= 11 is 0. The first-order chi connectivity index (χ1) is 17.9. The number of benzene rings is 2. The van der Waals surface area contributed by atoms with Crippen molar-refractivity contribution in [2.75, 3.05) is 7.11 Å². The summed E-state index contributed by atoms with van der Waals surface area (Å²) in [5.74, 6) is -2.22. The first-order valence-corrected chi connectivity index (χ1v) is 12.4. The molecule has 0 saturated carbocycles. The number of phenols is 2. The second kappa shape index (κ2) is 9.18. The van der Waals surface area contributed by atoms with Crippen LogP contribution in [0.3, 0.4) is 0 Å². The highest BCUT2D eigenvalue weighted by Gasteiger charge is 2.48. The largest absolute Gasteiger partial charge is 0.507 e. The van der Waals surface area contributed by atoms with E-state index < -0.39 is 59.3 Å². The van der Waals surface area contributed by atoms with Gasteiger partial charge >= 0.3 is 0 Å². The fourth-order valence-electron chi connectivity index (χ4n) is 5.72. The molecule has 202 valence electrons. The maximum Gasteiger partial charge on any atom is 0.202 e. The van der Waals surface area contributed by atoms with Crippen molar-refractivity contribution in [3.8, 4) is 17.2 Å². The van der Waals surface area contributed by atoms with Gasteiger partial charge in [-0.25, -0.2) is 0 Å². The second-order valence-electron chi connectivity index (χ2n) is 10.4. The van der Waals surface area contributed by atoms with Gasteiger partial charge in [-0.1, -0.05) is 18.7 Å². The molecule has 10 nitrogen and oxygen atoms in total. The maximum absolute atomic E-state index is 13.7. The minimum atomic E-state index is -1.55. The van der Waals surface area contributed by atoms with Crippen LogP contribution in [-0.4, -0.2) is 69.2 Å². The Labute approximate surface area is 219 Å². The van der Waals surface area contributed by atoms with Gasteiger partial charge in [0.1, 0.15) is 17.2 Å². The number of fused-ring (bicyclic) bond motifs is 3. The molecule has 0 unspecified atom stereocenters. The summed E-state index contributed by atoms with van der Waals surface area (Å²) in [7, 11) is 1.36. The quantitative estimate of drug-likeness (QED) is 0.251. The number of hydrogen-bond acceptors (Lipinski definition) is 10. The number of nitrogens with two attached hydrogens (primary N) is 1. The monoisotopic (exact) mass is 525 g/mol. The normalized spacial score (nSPS) is 30.3. The van der Waals surface area contributed by atoms with Crippen LogP contribution in [0.25, 0.3) is 0 Å². The van der Waals surface area contributed by atoms with Crippen molar-refractivity contribution in [2.24, 2.45) is 5.73 Å². The van der Waals surface area contributed by atoms with Gasteiger partial charge in [0, 0.05) is 42.0 Å². The predicted octanol–water partition coefficient (Wildman–Crippen LogP) is 2.02. The third-order valence-corrected chi connectivity index (χ3v) is 7.94. The number of ether oxygens (including phenoxy) is 3. The van der Waals surface area contributed by atoms with Gasteiger partial charge in [0.2, 0.25) is 5.78 Å². The molecule has 0 spiro atoms. The van der Waals surface area contributed by atoms with Crippen LogP contribution in [0.1, 0.15) is 75.8 Å². The molecule has 0 aromatic heterocycles. The number of aliphatic hydroxyl groups is 2. The lowest BCUT2D eigenvalue weighted by molar-refractivity contribution is -0.246. The third kappa shape index (κ3) is 3.83. The van der Waals surface area contributed by atoms with Crippen molar-refractivity contribution >= 4 is 11.6 Å². The Morgan fingerprint density at radius 3 is 2.47 bits per heavy atom. The van der Waals surface area contributed by atoms with E-state index in [1.165, 1.54) is 19.2 Å². The number of phenolic OH excluding ortho intramolecular Hbond substituents is 2. The van der Waals surface area contributed by atoms with Gasteiger partial charge in [-0.05, 0) is 25.5 Å². The highest BCUT2D eigenvalue weighted by molar-refractivity contribution is 6.31. The van der Waals surface area contributed by atoms with E-state index in [-0.39, 0.29) is 58.4 Å². The summed E-state index contributed by atoms with van der Waals surface area (Å²) in [5.41, 5.74) is 4.35. The molecule has 1 aliphatic heterocycles. The minimum Gasteiger partial charge on any atom is -0.507 e. The number of ketones is 2. The van der Waals surface area contributed by atoms with Crippen LogP contribution in [0.5, 0.6) is 17.2 Å². The van der Waals surface area contributed by atoms with Gasteiger partial charge in [-0.15, -0.1) is 0 Å². The fraction of sp³-hybridized carbons (Fsp3) is 0.429. The Morgan fingerprint density at radius 2 is 1.84 bits per heavy atom. The van der Waals surface area contributed by atoms with E-state index in [0.29, 0.717) is 5.57 Å². The van der Waals surface area contributed by atoms with E-state index in [4.69, 9.17) is 19.9 Å². The molecular formula is C28H31NO9. The Hall–Kier alpha value is -3.28. The summed E-state index contributed by atoms with van der Waals surface area (Å²) < 4.78 is 17.3. The molecule has 0 amide bonds. The van der Waals surface area contributed by atoms with Crippen molar-refractivity contribution < 1.29 is 44.2 Å². The van der Waals surface area contributed by atoms with Crippen LogP contribution in [0, 0.1) is 0 Å². The Morgan fingerprint density at radius 1 is 1.16 bits per heavy atom. The lowest BCUT2D eigenvalue weighted by Gasteiger charge is -2.43. The van der Waals surface area contributed by atoms with E-state index in [0.717, 1.165) is 0 Å². The van der Waals surface area contributed by atoms with Crippen molar-refractivity contribution in [3.05, 3.63) is 63.7 Å². The SMILES string of the molecule is C=C(C)[C@]1(O)Cc2c(O)c3c(c(O)c2[C@@H](O[C@H]2C[C@H](N)[C@H](O)[C@H](C)O2)C1)C(=O)c1c(OC)cccc1C3=O. The minimum absolute atomic E-state index is 0.0155. The van der Waals surface area contributed by atoms with Crippen LogP contribution in [0.2, 0.25) is 0 Å². The summed E-state index contributed by atoms with van der Waals surface area (Å²) in [4.78, 5) is 27.2. The summed E-state index contributed by atoms with van der Waals surface area (Å²) in [6, 6.07) is 3.90. The molecule has 5 rings (SSSR count). The molecule has 1 saturated heterocycles. The fourth-order valence-corrected chi connectivity index (χ4v) is 5.72. The van der Waals surface area contributed by atoms with E-state index in [1.807, 2.05) is 0 Å². The van der Waals surface area contributed by atoms with Gasteiger partial charge in [0.15, 0.2) is 12.1 Å². The molecule has 2 aromatic carbocycles. The van der Waals surface area contributed by atoms with Crippen LogP contribution in [0.15, 0.2) is 30.4 Å². The van der Waals surface area contributed by atoms with Gasteiger partial charge in [-0.3, -0.25) is 9.59 Å². The Kier molecular flexibility index (Phi) is 6.36.